The molecule has 0 atom stereocenters. The lowest BCUT2D eigenvalue weighted by Gasteiger charge is -2.28. The summed E-state index contributed by atoms with van der Waals surface area (Å²) in [6, 6.07) is 8.07. The molecule has 3 rings (SSSR count). The Hall–Kier alpha value is -1.98. The van der Waals surface area contributed by atoms with Gasteiger partial charge in [0.25, 0.3) is 5.91 Å². The number of likely N-dealkylation sites (tertiary alicyclic amines) is 1. The summed E-state index contributed by atoms with van der Waals surface area (Å²) >= 11 is 0. The molecule has 1 amide bonds. The Morgan fingerprint density at radius 2 is 2.13 bits per heavy atom. The maximum absolute atomic E-state index is 12.2. The third-order valence-electron chi connectivity index (χ3n) is 4.30. The largest absolute Gasteiger partial charge is 0.368 e. The summed E-state index contributed by atoms with van der Waals surface area (Å²) in [5.41, 5.74) is 1.14. The van der Waals surface area contributed by atoms with Gasteiger partial charge in [-0.1, -0.05) is 17.7 Å². The molecule has 0 unspecified atom stereocenters. The molecular formula is C18H23N3O2. The van der Waals surface area contributed by atoms with Gasteiger partial charge in [-0.2, -0.15) is 0 Å². The van der Waals surface area contributed by atoms with Gasteiger partial charge in [0.05, 0.1) is 6.10 Å². The van der Waals surface area contributed by atoms with Crippen LogP contribution in [0, 0.1) is 6.92 Å². The third kappa shape index (κ3) is 4.06. The summed E-state index contributed by atoms with van der Waals surface area (Å²) < 4.78 is 5.73. The number of nitrogens with zero attached hydrogens (tertiary/aromatic N) is 2. The fourth-order valence-corrected chi connectivity index (χ4v) is 2.90. The highest BCUT2D eigenvalue weighted by Crippen LogP contribution is 2.22. The Balaban J connectivity index is 1.61. The van der Waals surface area contributed by atoms with Gasteiger partial charge >= 0.3 is 0 Å². The van der Waals surface area contributed by atoms with Crippen LogP contribution in [-0.4, -0.2) is 48.6 Å². The number of ether oxygens (including phenoxy) is 1. The number of nitrogens with one attached hydrogen (secondary N) is 1. The Labute approximate surface area is 136 Å². The normalized spacial score (nSPS) is 16.6. The molecule has 1 fully saturated rings. The summed E-state index contributed by atoms with van der Waals surface area (Å²) in [6.45, 7) is 4.16. The van der Waals surface area contributed by atoms with E-state index in [1.165, 1.54) is 0 Å². The number of aryl methyl sites for hydroxylation is 1. The Morgan fingerprint density at radius 1 is 1.35 bits per heavy atom. The number of hydrogen-bond donors (Lipinski definition) is 1. The quantitative estimate of drug-likeness (QED) is 0.942. The van der Waals surface area contributed by atoms with Gasteiger partial charge < -0.3 is 15.0 Å². The van der Waals surface area contributed by atoms with Crippen LogP contribution in [0.2, 0.25) is 0 Å². The van der Waals surface area contributed by atoms with Crippen LogP contribution >= 0.6 is 0 Å². The van der Waals surface area contributed by atoms with Crippen molar-refractivity contribution in [3.05, 3.63) is 36.0 Å². The topological polar surface area (TPSA) is 54.5 Å². The summed E-state index contributed by atoms with van der Waals surface area (Å²) in [6.07, 6.45) is 3.86. The van der Waals surface area contributed by atoms with E-state index >= 15 is 0 Å². The number of carbonyl (C=O) groups is 1. The molecule has 0 bridgehead atoms. The molecule has 5 heteroatoms. The molecule has 1 aromatic carbocycles. The third-order valence-corrected chi connectivity index (χ3v) is 4.30. The van der Waals surface area contributed by atoms with Crippen molar-refractivity contribution in [1.82, 2.24) is 9.88 Å². The van der Waals surface area contributed by atoms with Gasteiger partial charge in [0.2, 0.25) is 0 Å². The second-order valence-corrected chi connectivity index (χ2v) is 6.25. The molecule has 0 aliphatic carbocycles. The highest BCUT2D eigenvalue weighted by Gasteiger charge is 2.18. The molecule has 2 aromatic rings. The minimum absolute atomic E-state index is 0.0816. The van der Waals surface area contributed by atoms with E-state index in [-0.39, 0.29) is 18.6 Å². The fourth-order valence-electron chi connectivity index (χ4n) is 2.90. The lowest BCUT2D eigenvalue weighted by Crippen LogP contribution is -2.35. The van der Waals surface area contributed by atoms with Gasteiger partial charge in [0, 0.05) is 24.7 Å². The molecule has 5 nitrogen and oxygen atoms in total. The zero-order chi connectivity index (χ0) is 16.2. The van der Waals surface area contributed by atoms with E-state index in [0.29, 0.717) is 5.82 Å². The maximum atomic E-state index is 12.2. The number of amides is 1. The first kappa shape index (κ1) is 15.9. The number of aromatic nitrogens is 1. The monoisotopic (exact) mass is 313 g/mol. The maximum Gasteiger partial charge on any atom is 0.251 e. The number of anilines is 1. The second kappa shape index (κ2) is 7.06. The van der Waals surface area contributed by atoms with Crippen LogP contribution in [0.25, 0.3) is 10.8 Å². The number of piperidine rings is 1. The van der Waals surface area contributed by atoms with Gasteiger partial charge in [0.1, 0.15) is 12.4 Å². The fraction of sp³-hybridized carbons (Fsp3) is 0.444. The number of rotatable bonds is 4. The molecule has 1 aliphatic rings. The number of benzene rings is 1. The van der Waals surface area contributed by atoms with Crippen molar-refractivity contribution in [2.45, 2.75) is 25.9 Å². The molecule has 1 aliphatic heterocycles. The van der Waals surface area contributed by atoms with Crippen molar-refractivity contribution in [2.24, 2.45) is 0 Å². The summed E-state index contributed by atoms with van der Waals surface area (Å²) in [7, 11) is 2.11. The Kier molecular flexibility index (Phi) is 4.88. The van der Waals surface area contributed by atoms with E-state index in [1.54, 1.807) is 6.20 Å². The number of fused-ring (bicyclic) bond motifs is 1. The molecule has 0 radical (unpaired) electrons. The van der Waals surface area contributed by atoms with Crippen molar-refractivity contribution < 1.29 is 9.53 Å². The minimum atomic E-state index is -0.148. The molecule has 0 saturated carbocycles. The van der Waals surface area contributed by atoms with Crippen molar-refractivity contribution in [1.29, 1.82) is 0 Å². The zero-order valence-corrected chi connectivity index (χ0v) is 13.7. The second-order valence-electron chi connectivity index (χ2n) is 6.25. The van der Waals surface area contributed by atoms with Crippen molar-refractivity contribution in [3.63, 3.8) is 0 Å². The highest BCUT2D eigenvalue weighted by molar-refractivity contribution is 6.00. The van der Waals surface area contributed by atoms with Crippen LogP contribution in [0.15, 0.2) is 30.5 Å². The van der Waals surface area contributed by atoms with E-state index in [0.717, 1.165) is 42.3 Å². The molecule has 0 spiro atoms. The first-order chi connectivity index (χ1) is 11.1. The van der Waals surface area contributed by atoms with Crippen molar-refractivity contribution >= 4 is 22.5 Å². The van der Waals surface area contributed by atoms with Crippen LogP contribution in [0.1, 0.15) is 18.4 Å². The SMILES string of the molecule is Cc1ccc2ccnc(NC(=O)COC3CCN(C)CC3)c2c1. The van der Waals surface area contributed by atoms with Gasteiger partial charge in [0.15, 0.2) is 0 Å². The predicted molar refractivity (Wildman–Crippen MR) is 91.6 cm³/mol. The molecule has 122 valence electrons. The van der Waals surface area contributed by atoms with E-state index in [9.17, 15) is 4.79 Å². The number of carbonyl (C=O) groups excluding carboxylic acids is 1. The van der Waals surface area contributed by atoms with Crippen molar-refractivity contribution in [3.8, 4) is 0 Å². The highest BCUT2D eigenvalue weighted by atomic mass is 16.5. The van der Waals surface area contributed by atoms with E-state index < -0.39 is 0 Å². The van der Waals surface area contributed by atoms with E-state index in [2.05, 4.69) is 28.3 Å². The summed E-state index contributed by atoms with van der Waals surface area (Å²) in [4.78, 5) is 18.7. The minimum Gasteiger partial charge on any atom is -0.368 e. The van der Waals surface area contributed by atoms with Gasteiger partial charge in [-0.15, -0.1) is 0 Å². The number of hydrogen-bond acceptors (Lipinski definition) is 4. The molecule has 1 N–H and O–H groups in total. The van der Waals surface area contributed by atoms with Crippen LogP contribution in [-0.2, 0) is 9.53 Å². The summed E-state index contributed by atoms with van der Waals surface area (Å²) in [5, 5.41) is 4.90. The lowest BCUT2D eigenvalue weighted by atomic mass is 10.1. The van der Waals surface area contributed by atoms with Gasteiger partial charge in [-0.3, -0.25) is 4.79 Å². The molecular weight excluding hydrogens is 290 g/mol. The Morgan fingerprint density at radius 3 is 2.91 bits per heavy atom. The number of pyridine rings is 1. The molecule has 1 aromatic heterocycles. The van der Waals surface area contributed by atoms with E-state index in [1.807, 2.05) is 25.1 Å². The van der Waals surface area contributed by atoms with Gasteiger partial charge in [-0.05, 0) is 44.3 Å². The molecule has 23 heavy (non-hydrogen) atoms. The van der Waals surface area contributed by atoms with Crippen LogP contribution in [0.3, 0.4) is 0 Å². The average molecular weight is 313 g/mol. The smallest absolute Gasteiger partial charge is 0.251 e. The average Bonchev–Trinajstić information content (AvgIpc) is 2.55. The lowest BCUT2D eigenvalue weighted by molar-refractivity contribution is -0.123. The van der Waals surface area contributed by atoms with Crippen LogP contribution in [0.4, 0.5) is 5.82 Å². The first-order valence-electron chi connectivity index (χ1n) is 8.07. The molecule has 2 heterocycles. The Bertz CT molecular complexity index is 694. The van der Waals surface area contributed by atoms with Gasteiger partial charge in [-0.25, -0.2) is 4.98 Å². The first-order valence-corrected chi connectivity index (χ1v) is 8.07. The predicted octanol–water partition coefficient (Wildman–Crippen LogP) is 2.59. The summed E-state index contributed by atoms with van der Waals surface area (Å²) in [5.74, 6) is 0.452. The van der Waals surface area contributed by atoms with E-state index in [4.69, 9.17) is 4.74 Å². The van der Waals surface area contributed by atoms with Crippen LogP contribution < -0.4 is 5.32 Å². The molecule has 1 saturated heterocycles. The van der Waals surface area contributed by atoms with Crippen LogP contribution in [0.5, 0.6) is 0 Å². The zero-order valence-electron chi connectivity index (χ0n) is 13.7. The standard InChI is InChI=1S/C18H23N3O2/c1-13-3-4-14-5-8-19-18(16(14)11-13)20-17(22)12-23-15-6-9-21(2)10-7-15/h3-5,8,11,15H,6-7,9-10,12H2,1-2H3,(H,19,20,22). The van der Waals surface area contributed by atoms with Crippen molar-refractivity contribution in [2.75, 3.05) is 32.1 Å².